The molecule has 1 aromatic carbocycles. The van der Waals surface area contributed by atoms with Gasteiger partial charge in [0.25, 0.3) is 0 Å². The summed E-state index contributed by atoms with van der Waals surface area (Å²) in [5, 5.41) is 0. The van der Waals surface area contributed by atoms with Gasteiger partial charge in [0.05, 0.1) is 24.9 Å². The van der Waals surface area contributed by atoms with Gasteiger partial charge in [-0.25, -0.2) is 0 Å². The van der Waals surface area contributed by atoms with Gasteiger partial charge in [-0.3, -0.25) is 19.6 Å². The largest absolute Gasteiger partial charge is 0.379 e. The maximum absolute atomic E-state index is 13.5. The highest BCUT2D eigenvalue weighted by Gasteiger charge is 2.43. The smallest absolute Gasteiger partial charge is 0.167 e. The fourth-order valence-electron chi connectivity index (χ4n) is 4.48. The lowest BCUT2D eigenvalue weighted by Gasteiger charge is -2.45. The number of ketones is 1. The van der Waals surface area contributed by atoms with E-state index in [4.69, 9.17) is 4.74 Å². The lowest BCUT2D eigenvalue weighted by Crippen LogP contribution is -2.51. The predicted octanol–water partition coefficient (Wildman–Crippen LogP) is 3.45. The van der Waals surface area contributed by atoms with Crippen LogP contribution in [-0.4, -0.2) is 66.5 Å². The summed E-state index contributed by atoms with van der Waals surface area (Å²) >= 11 is 0. The molecule has 0 aliphatic carbocycles. The second-order valence-electron chi connectivity index (χ2n) is 8.80. The van der Waals surface area contributed by atoms with Crippen molar-refractivity contribution in [3.05, 3.63) is 71.6 Å². The van der Waals surface area contributed by atoms with Crippen molar-refractivity contribution in [2.75, 3.05) is 45.9 Å². The molecule has 0 radical (unpaired) electrons. The van der Waals surface area contributed by atoms with E-state index in [1.165, 1.54) is 0 Å². The number of benzene rings is 1. The minimum Gasteiger partial charge on any atom is -0.379 e. The number of likely N-dealkylation sites (tertiary alicyclic amines) is 1. The van der Waals surface area contributed by atoms with Crippen LogP contribution >= 0.6 is 0 Å². The van der Waals surface area contributed by atoms with E-state index in [2.05, 4.69) is 52.9 Å². The Bertz CT molecular complexity index is 874. The van der Waals surface area contributed by atoms with E-state index in [1.54, 1.807) is 6.20 Å². The van der Waals surface area contributed by atoms with Crippen molar-refractivity contribution < 1.29 is 9.53 Å². The number of hydrogen-bond acceptors (Lipinski definition) is 5. The van der Waals surface area contributed by atoms with Crippen LogP contribution < -0.4 is 0 Å². The molecule has 1 aromatic heterocycles. The number of aromatic nitrogens is 1. The molecule has 2 saturated heterocycles. The van der Waals surface area contributed by atoms with Crippen LogP contribution in [0.2, 0.25) is 0 Å². The number of pyridine rings is 1. The van der Waals surface area contributed by atoms with Crippen molar-refractivity contribution in [2.45, 2.75) is 19.9 Å². The zero-order valence-electron chi connectivity index (χ0n) is 18.0. The summed E-state index contributed by atoms with van der Waals surface area (Å²) in [5.41, 5.74) is 2.38. The fourth-order valence-corrected chi connectivity index (χ4v) is 4.48. The third-order valence-corrected chi connectivity index (χ3v) is 6.05. The van der Waals surface area contributed by atoms with Gasteiger partial charge < -0.3 is 4.74 Å². The second kappa shape index (κ2) is 9.21. The van der Waals surface area contributed by atoms with Crippen molar-refractivity contribution in [3.8, 4) is 0 Å². The minimum absolute atomic E-state index is 0.0604. The van der Waals surface area contributed by atoms with Crippen molar-refractivity contribution in [2.24, 2.45) is 5.41 Å². The molecular weight excluding hydrogens is 374 g/mol. The average molecular weight is 406 g/mol. The van der Waals surface area contributed by atoms with Gasteiger partial charge >= 0.3 is 0 Å². The molecule has 4 rings (SSSR count). The van der Waals surface area contributed by atoms with Crippen LogP contribution in [0.25, 0.3) is 6.08 Å². The summed E-state index contributed by atoms with van der Waals surface area (Å²) in [5.74, 6) is 0.213. The Morgan fingerprint density at radius 2 is 1.80 bits per heavy atom. The number of carbonyl (C=O) groups is 1. The lowest BCUT2D eigenvalue weighted by atomic mass is 9.74. The molecule has 158 valence electrons. The molecule has 2 aromatic rings. The Balaban J connectivity index is 1.69. The average Bonchev–Trinajstić information content (AvgIpc) is 2.77. The van der Waals surface area contributed by atoms with Gasteiger partial charge in [-0.05, 0) is 23.8 Å². The molecule has 0 spiro atoms. The van der Waals surface area contributed by atoms with E-state index in [0.29, 0.717) is 0 Å². The quantitative estimate of drug-likeness (QED) is 0.713. The molecule has 30 heavy (non-hydrogen) atoms. The number of carbonyl (C=O) groups excluding carboxylic acids is 1. The van der Waals surface area contributed by atoms with Crippen molar-refractivity contribution in [1.29, 1.82) is 0 Å². The summed E-state index contributed by atoms with van der Waals surface area (Å²) in [6.45, 7) is 10.3. The maximum atomic E-state index is 13.5. The zero-order chi connectivity index (χ0) is 21.0. The molecule has 1 atom stereocenters. The van der Waals surface area contributed by atoms with Crippen molar-refractivity contribution in [1.82, 2.24) is 14.8 Å². The number of piperidine rings is 1. The van der Waals surface area contributed by atoms with Gasteiger partial charge in [0.15, 0.2) is 5.78 Å². The Labute approximate surface area is 179 Å². The molecule has 5 heteroatoms. The number of ether oxygens (including phenoxy) is 1. The summed E-state index contributed by atoms with van der Waals surface area (Å²) in [6, 6.07) is 16.2. The highest BCUT2D eigenvalue weighted by molar-refractivity contribution is 6.05. The first-order valence-corrected chi connectivity index (χ1v) is 10.8. The number of rotatable bonds is 5. The molecular formula is C25H31N3O2. The summed E-state index contributed by atoms with van der Waals surface area (Å²) in [6.07, 6.45) is 3.77. The van der Waals surface area contributed by atoms with Crippen LogP contribution in [0.1, 0.15) is 31.1 Å². The molecule has 0 N–H and O–H groups in total. The molecule has 2 aliphatic heterocycles. The number of morpholine rings is 1. The van der Waals surface area contributed by atoms with Crippen LogP contribution in [0.3, 0.4) is 0 Å². The molecule has 0 saturated carbocycles. The topological polar surface area (TPSA) is 45.7 Å². The predicted molar refractivity (Wildman–Crippen MR) is 119 cm³/mol. The van der Waals surface area contributed by atoms with Gasteiger partial charge in [-0.2, -0.15) is 0 Å². The Morgan fingerprint density at radius 1 is 1.07 bits per heavy atom. The Morgan fingerprint density at radius 3 is 2.50 bits per heavy atom. The first kappa shape index (κ1) is 20.9. The fraction of sp³-hybridized carbons (Fsp3) is 0.440. The van der Waals surface area contributed by atoms with Crippen molar-refractivity contribution in [3.63, 3.8) is 0 Å². The van der Waals surface area contributed by atoms with Gasteiger partial charge in [0.2, 0.25) is 0 Å². The van der Waals surface area contributed by atoms with Crippen LogP contribution in [0.5, 0.6) is 0 Å². The van der Waals surface area contributed by atoms with Gasteiger partial charge in [-0.1, -0.05) is 50.2 Å². The van der Waals surface area contributed by atoms with E-state index in [0.717, 1.165) is 62.8 Å². The first-order chi connectivity index (χ1) is 14.5. The molecule has 0 bridgehead atoms. The molecule has 2 aliphatic rings. The molecule has 5 nitrogen and oxygen atoms in total. The third-order valence-electron chi connectivity index (χ3n) is 6.05. The monoisotopic (exact) mass is 405 g/mol. The standard InChI is InChI=1S/C25H31N3O2/c1-25(2)19-28(13-12-27-14-16-30-17-15-27)23(20-8-4-3-5-9-20)22(24(25)29)18-21-10-6-7-11-26-21/h3-11,18,23H,12-17,19H2,1-2H3/b22-18+. The van der Waals surface area contributed by atoms with Crippen molar-refractivity contribution >= 4 is 11.9 Å². The first-order valence-electron chi connectivity index (χ1n) is 10.8. The SMILES string of the molecule is CC1(C)CN(CCN2CCOCC2)C(c2ccccc2)/C(=C\c2ccccn2)C1=O. The second-order valence-corrected chi connectivity index (χ2v) is 8.80. The highest BCUT2D eigenvalue weighted by atomic mass is 16.5. The maximum Gasteiger partial charge on any atom is 0.167 e. The van der Waals surface area contributed by atoms with Gasteiger partial charge in [0, 0.05) is 49.9 Å². The number of Topliss-reactive ketones (excluding diaryl/α,β-unsaturated/α-hetero) is 1. The zero-order valence-corrected chi connectivity index (χ0v) is 18.0. The third kappa shape index (κ3) is 4.69. The normalized spacial score (nSPS) is 24.3. The van der Waals surface area contributed by atoms with E-state index < -0.39 is 5.41 Å². The van der Waals surface area contributed by atoms with Gasteiger partial charge in [0.1, 0.15) is 0 Å². The summed E-state index contributed by atoms with van der Waals surface area (Å²) < 4.78 is 5.50. The number of hydrogen-bond donors (Lipinski definition) is 0. The van der Waals surface area contributed by atoms with Crippen LogP contribution in [0.4, 0.5) is 0 Å². The Kier molecular flexibility index (Phi) is 6.42. The van der Waals surface area contributed by atoms with E-state index in [-0.39, 0.29) is 11.8 Å². The molecule has 2 fully saturated rings. The summed E-state index contributed by atoms with van der Waals surface area (Å²) in [4.78, 5) is 22.9. The summed E-state index contributed by atoms with van der Waals surface area (Å²) in [7, 11) is 0. The van der Waals surface area contributed by atoms with E-state index >= 15 is 0 Å². The van der Waals surface area contributed by atoms with E-state index in [1.807, 2.05) is 30.3 Å². The van der Waals surface area contributed by atoms with E-state index in [9.17, 15) is 4.79 Å². The van der Waals surface area contributed by atoms with Gasteiger partial charge in [-0.15, -0.1) is 0 Å². The molecule has 3 heterocycles. The minimum atomic E-state index is -0.434. The van der Waals surface area contributed by atoms with Crippen LogP contribution in [0.15, 0.2) is 60.3 Å². The lowest BCUT2D eigenvalue weighted by molar-refractivity contribution is -0.128. The van der Waals surface area contributed by atoms with Crippen LogP contribution in [-0.2, 0) is 9.53 Å². The number of nitrogens with zero attached hydrogens (tertiary/aromatic N) is 3. The Hall–Kier alpha value is -2.34. The van der Waals surface area contributed by atoms with Crippen LogP contribution in [0, 0.1) is 5.41 Å². The molecule has 0 amide bonds. The molecule has 1 unspecified atom stereocenters. The highest BCUT2D eigenvalue weighted by Crippen LogP contribution is 2.41.